The van der Waals surface area contributed by atoms with Gasteiger partial charge in [-0.1, -0.05) is 54.3 Å². The van der Waals surface area contributed by atoms with Gasteiger partial charge in [0.25, 0.3) is 15.9 Å². The number of rotatable bonds is 7. The van der Waals surface area contributed by atoms with Crippen molar-refractivity contribution in [3.63, 3.8) is 0 Å². The van der Waals surface area contributed by atoms with Crippen LogP contribution in [0.4, 0.5) is 11.6 Å². The van der Waals surface area contributed by atoms with Gasteiger partial charge in [0.05, 0.1) is 9.80 Å². The largest absolute Gasteiger partial charge is 0.325 e. The predicted molar refractivity (Wildman–Crippen MR) is 144 cm³/mol. The highest BCUT2D eigenvalue weighted by atomic mass is 32.2. The lowest BCUT2D eigenvalue weighted by atomic mass is 10.2. The number of amides is 2. The van der Waals surface area contributed by atoms with Gasteiger partial charge >= 0.3 is 0 Å². The van der Waals surface area contributed by atoms with Gasteiger partial charge in [-0.25, -0.2) is 23.1 Å². The molecule has 1 aliphatic rings. The number of hydrogen-bond acceptors (Lipinski definition) is 8. The molecule has 36 heavy (non-hydrogen) atoms. The van der Waals surface area contributed by atoms with Crippen LogP contribution in [0.3, 0.4) is 0 Å². The van der Waals surface area contributed by atoms with Crippen LogP contribution in [-0.2, 0) is 19.6 Å². The highest BCUT2D eigenvalue weighted by Crippen LogP contribution is 2.32. The van der Waals surface area contributed by atoms with E-state index in [-0.39, 0.29) is 23.3 Å². The van der Waals surface area contributed by atoms with Crippen molar-refractivity contribution in [1.82, 2.24) is 14.9 Å². The number of aromatic nitrogens is 2. The normalized spacial score (nSPS) is 14.8. The minimum absolute atomic E-state index is 0.0188. The van der Waals surface area contributed by atoms with Crippen LogP contribution in [0.5, 0.6) is 0 Å². The van der Waals surface area contributed by atoms with Gasteiger partial charge in [-0.2, -0.15) is 0 Å². The molecule has 0 saturated carbocycles. The van der Waals surface area contributed by atoms with Gasteiger partial charge in [-0.05, 0) is 55.8 Å². The van der Waals surface area contributed by atoms with Crippen molar-refractivity contribution >= 4 is 67.8 Å². The second-order valence-electron chi connectivity index (χ2n) is 7.83. The van der Waals surface area contributed by atoms with E-state index in [1.54, 1.807) is 26.0 Å². The van der Waals surface area contributed by atoms with Crippen LogP contribution in [0, 0.1) is 13.8 Å². The number of anilines is 2. The molecule has 2 N–H and O–H groups in total. The zero-order chi connectivity index (χ0) is 25.9. The molecule has 0 unspecified atom stereocenters. The third-order valence-electron chi connectivity index (χ3n) is 4.93. The summed E-state index contributed by atoms with van der Waals surface area (Å²) in [5.41, 5.74) is 2.49. The third kappa shape index (κ3) is 6.14. The summed E-state index contributed by atoms with van der Waals surface area (Å²) >= 11 is 6.42. The van der Waals surface area contributed by atoms with Gasteiger partial charge < -0.3 is 5.32 Å². The molecule has 2 aromatic carbocycles. The first-order valence-corrected chi connectivity index (χ1v) is 13.4. The van der Waals surface area contributed by atoms with E-state index in [4.69, 9.17) is 12.2 Å². The number of carbonyl (C=O) groups is 2. The van der Waals surface area contributed by atoms with Crippen LogP contribution >= 0.6 is 24.0 Å². The van der Waals surface area contributed by atoms with Crippen molar-refractivity contribution < 1.29 is 18.0 Å². The summed E-state index contributed by atoms with van der Waals surface area (Å²) in [7, 11) is -3.92. The molecule has 1 saturated heterocycles. The second-order valence-corrected chi connectivity index (χ2v) is 11.2. The van der Waals surface area contributed by atoms with E-state index >= 15 is 0 Å². The van der Waals surface area contributed by atoms with Crippen molar-refractivity contribution in [1.29, 1.82) is 0 Å². The van der Waals surface area contributed by atoms with Gasteiger partial charge in [0.1, 0.15) is 10.9 Å². The lowest BCUT2D eigenvalue weighted by Crippen LogP contribution is -2.36. The zero-order valence-corrected chi connectivity index (χ0v) is 21.7. The third-order valence-corrected chi connectivity index (χ3v) is 7.65. The Morgan fingerprint density at radius 2 is 1.69 bits per heavy atom. The Kier molecular flexibility index (Phi) is 7.48. The van der Waals surface area contributed by atoms with Gasteiger partial charge in [0.2, 0.25) is 11.9 Å². The number of aryl methyl sites for hydroxylation is 2. The fourth-order valence-corrected chi connectivity index (χ4v) is 5.55. The Balaban J connectivity index is 1.39. The Morgan fingerprint density at radius 3 is 2.33 bits per heavy atom. The van der Waals surface area contributed by atoms with Gasteiger partial charge in [0, 0.05) is 17.1 Å². The number of thioether (sulfide) groups is 1. The van der Waals surface area contributed by atoms with Crippen molar-refractivity contribution in [2.45, 2.75) is 18.7 Å². The van der Waals surface area contributed by atoms with Gasteiger partial charge in [-0.3, -0.25) is 14.5 Å². The minimum Gasteiger partial charge on any atom is -0.325 e. The Morgan fingerprint density at radius 1 is 1.06 bits per heavy atom. The van der Waals surface area contributed by atoms with E-state index in [9.17, 15) is 18.0 Å². The van der Waals surface area contributed by atoms with Crippen molar-refractivity contribution in [3.8, 4) is 0 Å². The number of nitrogens with zero attached hydrogens (tertiary/aromatic N) is 3. The van der Waals surface area contributed by atoms with Gasteiger partial charge in [0.15, 0.2) is 0 Å². The summed E-state index contributed by atoms with van der Waals surface area (Å²) in [6.45, 7) is 3.22. The van der Waals surface area contributed by atoms with Crippen molar-refractivity contribution in [3.05, 3.63) is 82.5 Å². The summed E-state index contributed by atoms with van der Waals surface area (Å²) < 4.78 is 28.0. The number of sulfonamides is 1. The smallest absolute Gasteiger partial charge is 0.266 e. The molecule has 2 amide bonds. The van der Waals surface area contributed by atoms with Crippen LogP contribution < -0.4 is 10.0 Å². The summed E-state index contributed by atoms with van der Waals surface area (Å²) in [6, 6.07) is 16.7. The highest BCUT2D eigenvalue weighted by Gasteiger charge is 2.33. The highest BCUT2D eigenvalue weighted by molar-refractivity contribution is 8.26. The molecular weight excluding hydrogens is 518 g/mol. The van der Waals surface area contributed by atoms with E-state index in [0.717, 1.165) is 17.3 Å². The number of thiocarbonyl (C=S) groups is 1. The van der Waals surface area contributed by atoms with E-state index in [1.165, 1.54) is 29.2 Å². The second kappa shape index (κ2) is 10.6. The first-order chi connectivity index (χ1) is 17.1. The predicted octanol–water partition coefficient (Wildman–Crippen LogP) is 3.73. The fraction of sp³-hybridized carbons (Fsp3) is 0.125. The number of nitrogens with one attached hydrogen (secondary N) is 2. The fourth-order valence-electron chi connectivity index (χ4n) is 3.35. The molecule has 0 bridgehead atoms. The molecular formula is C24H21N5O4S3. The van der Waals surface area contributed by atoms with Crippen LogP contribution in [-0.4, -0.2) is 46.0 Å². The first-order valence-electron chi connectivity index (χ1n) is 10.7. The molecule has 3 aromatic rings. The lowest BCUT2D eigenvalue weighted by molar-refractivity contribution is -0.126. The molecule has 0 aliphatic carbocycles. The maximum atomic E-state index is 12.7. The average molecular weight is 540 g/mol. The average Bonchev–Trinajstić information content (AvgIpc) is 3.06. The molecule has 1 aromatic heterocycles. The summed E-state index contributed by atoms with van der Waals surface area (Å²) in [4.78, 5) is 35.1. The van der Waals surface area contributed by atoms with Crippen LogP contribution in [0.15, 0.2) is 70.5 Å². The molecule has 184 valence electrons. The standard InChI is InChI=1S/C24H21N5O4S3/c1-15-12-16(2)26-23(25-15)28-36(32,33)19-10-8-18(9-11-19)27-21(30)14-29-22(31)20(35-24(29)34)13-17-6-4-3-5-7-17/h3-13H,14H2,1-2H3,(H,27,30)(H,25,26,28)/b20-13+. The van der Waals surface area contributed by atoms with Crippen molar-refractivity contribution in [2.75, 3.05) is 16.6 Å². The van der Waals surface area contributed by atoms with Crippen LogP contribution in [0.2, 0.25) is 0 Å². The minimum atomic E-state index is -3.92. The number of hydrogen-bond donors (Lipinski definition) is 2. The maximum Gasteiger partial charge on any atom is 0.266 e. The number of carbonyl (C=O) groups excluding carboxylic acids is 2. The molecule has 2 heterocycles. The zero-order valence-electron chi connectivity index (χ0n) is 19.3. The van der Waals surface area contributed by atoms with Gasteiger partial charge in [-0.15, -0.1) is 0 Å². The maximum absolute atomic E-state index is 12.7. The molecule has 1 aliphatic heterocycles. The molecule has 0 atom stereocenters. The molecule has 12 heteroatoms. The molecule has 4 rings (SSSR count). The van der Waals surface area contributed by atoms with Crippen LogP contribution in [0.25, 0.3) is 6.08 Å². The van der Waals surface area contributed by atoms with E-state index in [2.05, 4.69) is 20.0 Å². The monoisotopic (exact) mass is 539 g/mol. The SMILES string of the molecule is Cc1cc(C)nc(NS(=O)(=O)c2ccc(NC(=O)CN3C(=O)/C(=C\c4ccccc4)SC3=S)cc2)n1. The first kappa shape index (κ1) is 25.5. The lowest BCUT2D eigenvalue weighted by Gasteiger charge is -2.14. The Labute approximate surface area is 218 Å². The molecule has 0 radical (unpaired) electrons. The van der Waals surface area contributed by atoms with E-state index in [1.807, 2.05) is 30.3 Å². The van der Waals surface area contributed by atoms with E-state index < -0.39 is 15.9 Å². The summed E-state index contributed by atoms with van der Waals surface area (Å²) in [6.07, 6.45) is 1.73. The van der Waals surface area contributed by atoms with Crippen LogP contribution in [0.1, 0.15) is 17.0 Å². The Bertz CT molecular complexity index is 1450. The van der Waals surface area contributed by atoms with Crippen molar-refractivity contribution in [2.24, 2.45) is 0 Å². The summed E-state index contributed by atoms with van der Waals surface area (Å²) in [5.74, 6) is -0.829. The Hall–Kier alpha value is -3.61. The number of benzene rings is 2. The summed E-state index contributed by atoms with van der Waals surface area (Å²) in [5, 5.41) is 2.66. The molecule has 9 nitrogen and oxygen atoms in total. The molecule has 0 spiro atoms. The quantitative estimate of drug-likeness (QED) is 0.344. The van der Waals surface area contributed by atoms with E-state index in [0.29, 0.717) is 26.3 Å². The topological polar surface area (TPSA) is 121 Å². The molecule has 1 fully saturated rings.